The standard InChI is InChI=1S/C18H19NO/c1-14-13-16(19-11-5-6-12-19)9-10-17(14)18(20)15-7-3-2-4-8-15/h2-4,7-10,13H,5-6,11-12H2,1H3. The molecule has 0 saturated carbocycles. The highest BCUT2D eigenvalue weighted by molar-refractivity contribution is 6.10. The van der Waals surface area contributed by atoms with Gasteiger partial charge in [0.2, 0.25) is 0 Å². The molecule has 2 aromatic rings. The van der Waals surface area contributed by atoms with Gasteiger partial charge in [0.25, 0.3) is 0 Å². The van der Waals surface area contributed by atoms with E-state index in [0.717, 1.165) is 29.8 Å². The highest BCUT2D eigenvalue weighted by atomic mass is 16.1. The molecule has 1 fully saturated rings. The van der Waals surface area contributed by atoms with Crippen LogP contribution in [-0.2, 0) is 0 Å². The summed E-state index contributed by atoms with van der Waals surface area (Å²) in [7, 11) is 0. The van der Waals surface area contributed by atoms with Crippen molar-refractivity contribution in [3.8, 4) is 0 Å². The summed E-state index contributed by atoms with van der Waals surface area (Å²) in [6, 6.07) is 15.7. The van der Waals surface area contributed by atoms with Crippen LogP contribution in [-0.4, -0.2) is 18.9 Å². The number of ketones is 1. The van der Waals surface area contributed by atoms with E-state index in [9.17, 15) is 4.79 Å². The molecule has 2 nitrogen and oxygen atoms in total. The van der Waals surface area contributed by atoms with Crippen LogP contribution in [0.2, 0.25) is 0 Å². The van der Waals surface area contributed by atoms with Gasteiger partial charge in [-0.2, -0.15) is 0 Å². The van der Waals surface area contributed by atoms with Gasteiger partial charge in [-0.1, -0.05) is 30.3 Å². The summed E-state index contributed by atoms with van der Waals surface area (Å²) in [5, 5.41) is 0. The molecule has 20 heavy (non-hydrogen) atoms. The first-order valence-electron chi connectivity index (χ1n) is 7.21. The van der Waals surface area contributed by atoms with Crippen LogP contribution in [0.4, 0.5) is 5.69 Å². The number of anilines is 1. The maximum atomic E-state index is 12.5. The van der Waals surface area contributed by atoms with Crippen LogP contribution < -0.4 is 4.90 Å². The first-order valence-corrected chi connectivity index (χ1v) is 7.21. The van der Waals surface area contributed by atoms with Gasteiger partial charge in [-0.25, -0.2) is 0 Å². The second-order valence-electron chi connectivity index (χ2n) is 5.39. The summed E-state index contributed by atoms with van der Waals surface area (Å²) in [5.74, 6) is 0.107. The minimum absolute atomic E-state index is 0.107. The fraction of sp³-hybridized carbons (Fsp3) is 0.278. The van der Waals surface area contributed by atoms with Crippen molar-refractivity contribution in [2.45, 2.75) is 19.8 Å². The maximum Gasteiger partial charge on any atom is 0.193 e. The molecular weight excluding hydrogens is 246 g/mol. The Morgan fingerprint density at radius 1 is 1.00 bits per heavy atom. The third-order valence-electron chi connectivity index (χ3n) is 3.96. The molecule has 1 saturated heterocycles. The van der Waals surface area contributed by atoms with E-state index < -0.39 is 0 Å². The Bertz CT molecular complexity index is 613. The zero-order valence-corrected chi connectivity index (χ0v) is 11.8. The quantitative estimate of drug-likeness (QED) is 0.786. The zero-order chi connectivity index (χ0) is 13.9. The average molecular weight is 265 g/mol. The lowest BCUT2D eigenvalue weighted by atomic mass is 9.98. The summed E-state index contributed by atoms with van der Waals surface area (Å²) in [4.78, 5) is 14.9. The summed E-state index contributed by atoms with van der Waals surface area (Å²) >= 11 is 0. The molecule has 0 spiro atoms. The van der Waals surface area contributed by atoms with E-state index in [4.69, 9.17) is 0 Å². The lowest BCUT2D eigenvalue weighted by Crippen LogP contribution is -2.18. The molecule has 0 bridgehead atoms. The Kier molecular flexibility index (Phi) is 3.55. The fourth-order valence-corrected chi connectivity index (χ4v) is 2.82. The van der Waals surface area contributed by atoms with E-state index in [1.165, 1.54) is 18.5 Å². The van der Waals surface area contributed by atoms with Crippen LogP contribution >= 0.6 is 0 Å². The summed E-state index contributed by atoms with van der Waals surface area (Å²) in [6.45, 7) is 4.28. The Morgan fingerprint density at radius 3 is 2.35 bits per heavy atom. The van der Waals surface area contributed by atoms with Gasteiger partial charge >= 0.3 is 0 Å². The number of aryl methyl sites for hydroxylation is 1. The molecule has 2 aromatic carbocycles. The molecule has 1 heterocycles. The van der Waals surface area contributed by atoms with Gasteiger partial charge in [0.05, 0.1) is 0 Å². The summed E-state index contributed by atoms with van der Waals surface area (Å²) < 4.78 is 0. The van der Waals surface area contributed by atoms with Crippen LogP contribution in [0.3, 0.4) is 0 Å². The summed E-state index contributed by atoms with van der Waals surface area (Å²) in [5.41, 5.74) is 3.86. The molecule has 0 amide bonds. The number of hydrogen-bond acceptors (Lipinski definition) is 2. The van der Waals surface area contributed by atoms with Crippen molar-refractivity contribution in [3.05, 3.63) is 65.2 Å². The number of carbonyl (C=O) groups is 1. The molecule has 0 radical (unpaired) electrons. The largest absolute Gasteiger partial charge is 0.372 e. The Labute approximate surface area is 120 Å². The molecule has 1 aliphatic rings. The van der Waals surface area contributed by atoms with Crippen LogP contribution in [0.1, 0.15) is 34.3 Å². The van der Waals surface area contributed by atoms with Gasteiger partial charge in [0, 0.05) is 29.9 Å². The lowest BCUT2D eigenvalue weighted by molar-refractivity contribution is 0.103. The second kappa shape index (κ2) is 5.49. The predicted octanol–water partition coefficient (Wildman–Crippen LogP) is 3.83. The van der Waals surface area contributed by atoms with Crippen molar-refractivity contribution >= 4 is 11.5 Å². The van der Waals surface area contributed by atoms with Gasteiger partial charge in [-0.05, 0) is 43.5 Å². The molecule has 2 heteroatoms. The van der Waals surface area contributed by atoms with Crippen molar-refractivity contribution in [2.24, 2.45) is 0 Å². The molecule has 0 N–H and O–H groups in total. The van der Waals surface area contributed by atoms with Crippen molar-refractivity contribution in [3.63, 3.8) is 0 Å². The zero-order valence-electron chi connectivity index (χ0n) is 11.8. The number of carbonyl (C=O) groups excluding carboxylic acids is 1. The average Bonchev–Trinajstić information content (AvgIpc) is 3.01. The third kappa shape index (κ3) is 2.46. The van der Waals surface area contributed by atoms with Crippen molar-refractivity contribution in [2.75, 3.05) is 18.0 Å². The number of nitrogens with zero attached hydrogens (tertiary/aromatic N) is 1. The van der Waals surface area contributed by atoms with Crippen LogP contribution in [0.15, 0.2) is 48.5 Å². The molecule has 102 valence electrons. The van der Waals surface area contributed by atoms with Crippen LogP contribution in [0, 0.1) is 6.92 Å². The summed E-state index contributed by atoms with van der Waals surface area (Å²) in [6.07, 6.45) is 2.54. The van der Waals surface area contributed by atoms with Crippen LogP contribution in [0.5, 0.6) is 0 Å². The Hall–Kier alpha value is -2.09. The van der Waals surface area contributed by atoms with Gasteiger partial charge in [0.15, 0.2) is 5.78 Å². The molecule has 1 aliphatic heterocycles. The second-order valence-corrected chi connectivity index (χ2v) is 5.39. The predicted molar refractivity (Wildman–Crippen MR) is 82.5 cm³/mol. The van der Waals surface area contributed by atoms with E-state index in [0.29, 0.717) is 0 Å². The van der Waals surface area contributed by atoms with Gasteiger partial charge < -0.3 is 4.90 Å². The first-order chi connectivity index (χ1) is 9.75. The molecule has 0 aliphatic carbocycles. The number of benzene rings is 2. The highest BCUT2D eigenvalue weighted by Gasteiger charge is 2.15. The first kappa shape index (κ1) is 12.9. The number of hydrogen-bond donors (Lipinski definition) is 0. The maximum absolute atomic E-state index is 12.5. The van der Waals surface area contributed by atoms with E-state index in [1.807, 2.05) is 43.3 Å². The monoisotopic (exact) mass is 265 g/mol. The minimum atomic E-state index is 0.107. The minimum Gasteiger partial charge on any atom is -0.372 e. The van der Waals surface area contributed by atoms with Gasteiger partial charge in [-0.15, -0.1) is 0 Å². The van der Waals surface area contributed by atoms with Crippen molar-refractivity contribution < 1.29 is 4.79 Å². The van der Waals surface area contributed by atoms with Gasteiger partial charge in [0.1, 0.15) is 0 Å². The Morgan fingerprint density at radius 2 is 1.70 bits per heavy atom. The van der Waals surface area contributed by atoms with E-state index >= 15 is 0 Å². The SMILES string of the molecule is Cc1cc(N2CCCC2)ccc1C(=O)c1ccccc1. The fourth-order valence-electron chi connectivity index (χ4n) is 2.82. The molecule has 0 atom stereocenters. The third-order valence-corrected chi connectivity index (χ3v) is 3.96. The highest BCUT2D eigenvalue weighted by Crippen LogP contribution is 2.24. The smallest absolute Gasteiger partial charge is 0.193 e. The lowest BCUT2D eigenvalue weighted by Gasteiger charge is -2.19. The molecule has 3 rings (SSSR count). The molecule has 0 aromatic heterocycles. The van der Waals surface area contributed by atoms with E-state index in [2.05, 4.69) is 17.0 Å². The normalized spacial score (nSPS) is 14.6. The van der Waals surface area contributed by atoms with E-state index in [-0.39, 0.29) is 5.78 Å². The van der Waals surface area contributed by atoms with Gasteiger partial charge in [-0.3, -0.25) is 4.79 Å². The van der Waals surface area contributed by atoms with E-state index in [1.54, 1.807) is 0 Å². The molecule has 0 unspecified atom stereocenters. The Balaban J connectivity index is 1.89. The number of rotatable bonds is 3. The van der Waals surface area contributed by atoms with Crippen molar-refractivity contribution in [1.29, 1.82) is 0 Å². The molecular formula is C18H19NO. The van der Waals surface area contributed by atoms with Crippen LogP contribution in [0.25, 0.3) is 0 Å². The topological polar surface area (TPSA) is 20.3 Å². The van der Waals surface area contributed by atoms with Crippen molar-refractivity contribution in [1.82, 2.24) is 0 Å².